The van der Waals surface area contributed by atoms with Crippen LogP contribution in [0.5, 0.6) is 0 Å². The minimum absolute atomic E-state index is 0.0596. The fourth-order valence-corrected chi connectivity index (χ4v) is 1.94. The number of nitrogens with one attached hydrogen (secondary N) is 1. The van der Waals surface area contributed by atoms with Crippen molar-refractivity contribution in [2.75, 3.05) is 0 Å². The molecule has 3 rings (SSSR count). The van der Waals surface area contributed by atoms with Crippen LogP contribution in [0.4, 0.5) is 0 Å². The number of H-pyrrole nitrogens is 1. The molecule has 0 saturated heterocycles. The van der Waals surface area contributed by atoms with E-state index < -0.39 is 5.78 Å². The number of aromatic amines is 1. The van der Waals surface area contributed by atoms with Crippen molar-refractivity contribution in [3.8, 4) is 0 Å². The molecule has 2 N–H and O–H groups in total. The standard InChI is InChI=1S/C14H11N5O3/c20-11(8-12(21)14-16-18-19-17-14)13-10(3-6-22-13)7-9-1-4-15-5-2-9/h1-6,8,21H,7H2,(H,16,17,18,19). The van der Waals surface area contributed by atoms with Crippen molar-refractivity contribution in [3.05, 3.63) is 65.6 Å². The summed E-state index contributed by atoms with van der Waals surface area (Å²) in [5.41, 5.74) is 1.71. The van der Waals surface area contributed by atoms with Crippen LogP contribution in [0.25, 0.3) is 5.76 Å². The highest BCUT2D eigenvalue weighted by molar-refractivity contribution is 6.06. The number of aliphatic hydroxyl groups is 1. The number of aromatic nitrogens is 5. The predicted octanol–water partition coefficient (Wildman–Crippen LogP) is 1.56. The number of carbonyl (C=O) groups excluding carboxylic acids is 1. The number of rotatable bonds is 5. The van der Waals surface area contributed by atoms with E-state index in [1.807, 2.05) is 12.1 Å². The van der Waals surface area contributed by atoms with E-state index in [1.54, 1.807) is 18.5 Å². The van der Waals surface area contributed by atoms with Crippen LogP contribution in [0.1, 0.15) is 27.5 Å². The summed E-state index contributed by atoms with van der Waals surface area (Å²) in [6.07, 6.45) is 6.32. The van der Waals surface area contributed by atoms with Gasteiger partial charge in [0.25, 0.3) is 0 Å². The lowest BCUT2D eigenvalue weighted by Crippen LogP contribution is -2.00. The first-order valence-corrected chi connectivity index (χ1v) is 6.38. The molecule has 8 nitrogen and oxygen atoms in total. The van der Waals surface area contributed by atoms with Gasteiger partial charge >= 0.3 is 0 Å². The molecule has 0 fully saturated rings. The van der Waals surface area contributed by atoms with Gasteiger partial charge in [0, 0.05) is 30.5 Å². The van der Waals surface area contributed by atoms with Gasteiger partial charge in [-0.2, -0.15) is 5.21 Å². The molecule has 3 aromatic heterocycles. The Morgan fingerprint density at radius 1 is 1.32 bits per heavy atom. The molecule has 0 bridgehead atoms. The smallest absolute Gasteiger partial charge is 0.239 e. The van der Waals surface area contributed by atoms with Gasteiger partial charge in [0.05, 0.1) is 6.26 Å². The van der Waals surface area contributed by atoms with E-state index in [9.17, 15) is 9.90 Å². The highest BCUT2D eigenvalue weighted by Crippen LogP contribution is 2.17. The molecule has 8 heteroatoms. The molecule has 0 aromatic carbocycles. The third-order valence-corrected chi connectivity index (χ3v) is 2.96. The van der Waals surface area contributed by atoms with E-state index in [-0.39, 0.29) is 17.3 Å². The minimum atomic E-state index is -0.476. The monoisotopic (exact) mass is 297 g/mol. The maximum Gasteiger partial charge on any atom is 0.239 e. The van der Waals surface area contributed by atoms with Gasteiger partial charge in [0.1, 0.15) is 0 Å². The second kappa shape index (κ2) is 6.00. The van der Waals surface area contributed by atoms with Crippen LogP contribution < -0.4 is 0 Å². The van der Waals surface area contributed by atoms with Crippen LogP contribution in [0, 0.1) is 0 Å². The molecule has 0 amide bonds. The number of hydrogen-bond donors (Lipinski definition) is 2. The summed E-state index contributed by atoms with van der Waals surface area (Å²) < 4.78 is 5.23. The third-order valence-electron chi connectivity index (χ3n) is 2.96. The number of carbonyl (C=O) groups is 1. The van der Waals surface area contributed by atoms with Crippen LogP contribution in [-0.2, 0) is 6.42 Å². The predicted molar refractivity (Wildman–Crippen MR) is 74.9 cm³/mol. The van der Waals surface area contributed by atoms with E-state index >= 15 is 0 Å². The van der Waals surface area contributed by atoms with Crippen molar-refractivity contribution in [3.63, 3.8) is 0 Å². The summed E-state index contributed by atoms with van der Waals surface area (Å²) in [7, 11) is 0. The summed E-state index contributed by atoms with van der Waals surface area (Å²) >= 11 is 0. The second-order valence-electron chi connectivity index (χ2n) is 4.44. The van der Waals surface area contributed by atoms with Gasteiger partial charge < -0.3 is 9.52 Å². The summed E-state index contributed by atoms with van der Waals surface area (Å²) in [5.74, 6) is -0.760. The van der Waals surface area contributed by atoms with E-state index in [2.05, 4.69) is 25.6 Å². The van der Waals surface area contributed by atoms with Crippen LogP contribution >= 0.6 is 0 Å². The first kappa shape index (κ1) is 13.7. The van der Waals surface area contributed by atoms with Crippen molar-refractivity contribution in [1.29, 1.82) is 0 Å². The molecule has 110 valence electrons. The Kier molecular flexibility index (Phi) is 3.73. The van der Waals surface area contributed by atoms with E-state index in [0.717, 1.165) is 11.6 Å². The third kappa shape index (κ3) is 2.90. The summed E-state index contributed by atoms with van der Waals surface area (Å²) in [6.45, 7) is 0. The number of aliphatic hydroxyl groups excluding tert-OH is 1. The average molecular weight is 297 g/mol. The van der Waals surface area contributed by atoms with Crippen LogP contribution in [-0.4, -0.2) is 36.5 Å². The number of allylic oxidation sites excluding steroid dienone is 1. The topological polar surface area (TPSA) is 118 Å². The molecule has 0 aliphatic carbocycles. The molecule has 0 atom stereocenters. The lowest BCUT2D eigenvalue weighted by molar-refractivity contribution is 0.102. The molecule has 0 unspecified atom stereocenters. The van der Waals surface area contributed by atoms with E-state index in [0.29, 0.717) is 12.0 Å². The molecule has 0 aliphatic heterocycles. The largest absolute Gasteiger partial charge is 0.504 e. The zero-order chi connectivity index (χ0) is 15.4. The molecule has 0 aliphatic rings. The fourth-order valence-electron chi connectivity index (χ4n) is 1.94. The number of nitrogens with zero attached hydrogens (tertiary/aromatic N) is 4. The molecule has 0 radical (unpaired) electrons. The molecule has 22 heavy (non-hydrogen) atoms. The number of ketones is 1. The molecule has 0 spiro atoms. The Morgan fingerprint density at radius 2 is 2.14 bits per heavy atom. The van der Waals surface area contributed by atoms with Crippen molar-refractivity contribution in [2.24, 2.45) is 0 Å². The summed E-state index contributed by atoms with van der Waals surface area (Å²) in [5, 5.41) is 22.4. The Balaban J connectivity index is 1.82. The fraction of sp³-hybridized carbons (Fsp3) is 0.0714. The molecule has 0 saturated carbocycles. The van der Waals surface area contributed by atoms with E-state index in [1.165, 1.54) is 6.26 Å². The molecular weight excluding hydrogens is 286 g/mol. The lowest BCUT2D eigenvalue weighted by atomic mass is 10.0. The van der Waals surface area contributed by atoms with Gasteiger partial charge in [-0.15, -0.1) is 10.2 Å². The lowest BCUT2D eigenvalue weighted by Gasteiger charge is -2.00. The Morgan fingerprint density at radius 3 is 2.86 bits per heavy atom. The Bertz CT molecular complexity index is 793. The maximum atomic E-state index is 12.2. The first-order chi connectivity index (χ1) is 10.7. The SMILES string of the molecule is O=C(C=C(O)c1nn[nH]n1)c1occc1Cc1ccncc1. The highest BCUT2D eigenvalue weighted by Gasteiger charge is 2.16. The van der Waals surface area contributed by atoms with E-state index in [4.69, 9.17) is 4.42 Å². The summed E-state index contributed by atoms with van der Waals surface area (Å²) in [6, 6.07) is 5.43. The van der Waals surface area contributed by atoms with Crippen LogP contribution in [0.3, 0.4) is 0 Å². The van der Waals surface area contributed by atoms with Gasteiger partial charge in [0.15, 0.2) is 11.5 Å². The van der Waals surface area contributed by atoms with Crippen LogP contribution in [0.2, 0.25) is 0 Å². The van der Waals surface area contributed by atoms with Crippen molar-refractivity contribution in [2.45, 2.75) is 6.42 Å². The molecule has 3 heterocycles. The zero-order valence-electron chi connectivity index (χ0n) is 11.3. The molecule has 3 aromatic rings. The second-order valence-corrected chi connectivity index (χ2v) is 4.44. The Labute approximate surface area is 124 Å². The molecular formula is C14H11N5O3. The van der Waals surface area contributed by atoms with Gasteiger partial charge in [-0.25, -0.2) is 0 Å². The van der Waals surface area contributed by atoms with Gasteiger partial charge in [-0.3, -0.25) is 9.78 Å². The Hall–Kier alpha value is -3.29. The number of tetrazole rings is 1. The minimum Gasteiger partial charge on any atom is -0.504 e. The van der Waals surface area contributed by atoms with Crippen molar-refractivity contribution >= 4 is 11.5 Å². The van der Waals surface area contributed by atoms with Gasteiger partial charge in [-0.1, -0.05) is 0 Å². The van der Waals surface area contributed by atoms with Gasteiger partial charge in [0.2, 0.25) is 11.6 Å². The highest BCUT2D eigenvalue weighted by atomic mass is 16.3. The average Bonchev–Trinajstić information content (AvgIpc) is 3.19. The van der Waals surface area contributed by atoms with Crippen molar-refractivity contribution < 1.29 is 14.3 Å². The maximum absolute atomic E-state index is 12.2. The normalized spacial score (nSPS) is 11.5. The number of hydrogen-bond acceptors (Lipinski definition) is 7. The summed E-state index contributed by atoms with van der Waals surface area (Å²) in [4.78, 5) is 16.1. The number of pyridine rings is 1. The quantitative estimate of drug-likeness (QED) is 0.417. The van der Waals surface area contributed by atoms with Gasteiger partial charge in [-0.05, 0) is 29.0 Å². The van der Waals surface area contributed by atoms with Crippen molar-refractivity contribution in [1.82, 2.24) is 25.6 Å². The zero-order valence-corrected chi connectivity index (χ0v) is 11.3. The number of furan rings is 1. The van der Waals surface area contributed by atoms with Crippen LogP contribution in [0.15, 0.2) is 47.3 Å². The first-order valence-electron chi connectivity index (χ1n) is 6.38.